The van der Waals surface area contributed by atoms with Crippen LogP contribution in [0, 0.1) is 0 Å². The first-order valence-corrected chi connectivity index (χ1v) is 3.87. The molecule has 0 bridgehead atoms. The molecule has 1 atom stereocenters. The highest BCUT2D eigenvalue weighted by atomic mass is 16.3. The first-order chi connectivity index (χ1) is 5.22. The molecule has 1 aliphatic carbocycles. The van der Waals surface area contributed by atoms with Gasteiger partial charge in [0.2, 0.25) is 0 Å². The Bertz CT molecular complexity index is 125. The van der Waals surface area contributed by atoms with Crippen molar-refractivity contribution in [1.82, 2.24) is 5.32 Å². The van der Waals surface area contributed by atoms with Gasteiger partial charge in [-0.15, -0.1) is 0 Å². The Morgan fingerprint density at radius 1 is 1.36 bits per heavy atom. The molecule has 0 heterocycles. The number of hydrogen-bond acceptors (Lipinski definition) is 4. The summed E-state index contributed by atoms with van der Waals surface area (Å²) < 4.78 is 0. The highest BCUT2D eigenvalue weighted by molar-refractivity contribution is 5.01. The normalized spacial score (nSPS) is 23.2. The monoisotopic (exact) mass is 161 g/mol. The smallest absolute Gasteiger partial charge is 0.0895 e. The molecule has 0 aromatic heterocycles. The average molecular weight is 161 g/mol. The fraction of sp³-hybridized carbons (Fsp3) is 1.00. The van der Waals surface area contributed by atoms with Crippen molar-refractivity contribution >= 4 is 0 Å². The van der Waals surface area contributed by atoms with Crippen LogP contribution in [0.4, 0.5) is 0 Å². The van der Waals surface area contributed by atoms with Crippen molar-refractivity contribution in [2.24, 2.45) is 0 Å². The van der Waals surface area contributed by atoms with Crippen molar-refractivity contribution in [2.45, 2.75) is 24.5 Å². The van der Waals surface area contributed by atoms with Crippen molar-refractivity contribution in [3.8, 4) is 0 Å². The van der Waals surface area contributed by atoms with Gasteiger partial charge in [-0.05, 0) is 12.8 Å². The molecule has 1 aliphatic rings. The maximum Gasteiger partial charge on any atom is 0.0895 e. The van der Waals surface area contributed by atoms with Crippen LogP contribution in [-0.4, -0.2) is 46.7 Å². The summed E-state index contributed by atoms with van der Waals surface area (Å²) >= 11 is 0. The van der Waals surface area contributed by atoms with Crippen LogP contribution in [0.1, 0.15) is 12.8 Å². The van der Waals surface area contributed by atoms with Gasteiger partial charge in [0.25, 0.3) is 0 Å². The number of hydrogen-bond donors (Lipinski definition) is 4. The minimum Gasteiger partial charge on any atom is -0.394 e. The molecule has 66 valence electrons. The Hall–Kier alpha value is -0.160. The van der Waals surface area contributed by atoms with Crippen LogP contribution in [0.2, 0.25) is 0 Å². The zero-order valence-electron chi connectivity index (χ0n) is 6.45. The third-order valence-electron chi connectivity index (χ3n) is 2.08. The van der Waals surface area contributed by atoms with Crippen molar-refractivity contribution in [3.05, 3.63) is 0 Å². The molecule has 0 amide bonds. The van der Waals surface area contributed by atoms with Gasteiger partial charge in [0, 0.05) is 12.1 Å². The standard InChI is InChI=1S/C7H15NO3/c9-4-6(11)3-8-7(5-10)1-2-7/h6,8-11H,1-5H2/t6-/m0/s1. The van der Waals surface area contributed by atoms with E-state index in [-0.39, 0.29) is 18.8 Å². The van der Waals surface area contributed by atoms with Crippen molar-refractivity contribution in [1.29, 1.82) is 0 Å². The molecule has 0 saturated heterocycles. The fourth-order valence-electron chi connectivity index (χ4n) is 0.941. The van der Waals surface area contributed by atoms with Crippen LogP contribution in [0.5, 0.6) is 0 Å². The Morgan fingerprint density at radius 2 is 2.00 bits per heavy atom. The molecule has 0 aromatic rings. The minimum atomic E-state index is -0.709. The second-order valence-electron chi connectivity index (χ2n) is 3.16. The lowest BCUT2D eigenvalue weighted by Crippen LogP contribution is -2.40. The second-order valence-corrected chi connectivity index (χ2v) is 3.16. The number of aliphatic hydroxyl groups is 3. The lowest BCUT2D eigenvalue weighted by atomic mass is 10.2. The van der Waals surface area contributed by atoms with Crippen molar-refractivity contribution in [2.75, 3.05) is 19.8 Å². The number of β-amino-alcohol motifs (C(OH)–C–C–N with tert-alkyl or cyclic N) is 1. The summed E-state index contributed by atoms with van der Waals surface area (Å²) in [4.78, 5) is 0. The molecule has 1 rings (SSSR count). The first kappa shape index (κ1) is 8.93. The quantitative estimate of drug-likeness (QED) is 0.394. The molecule has 0 unspecified atom stereocenters. The van der Waals surface area contributed by atoms with Gasteiger partial charge in [-0.25, -0.2) is 0 Å². The van der Waals surface area contributed by atoms with Gasteiger partial charge in [0.1, 0.15) is 0 Å². The summed E-state index contributed by atoms with van der Waals surface area (Å²) in [6.45, 7) is 0.247. The van der Waals surface area contributed by atoms with Crippen LogP contribution in [0.3, 0.4) is 0 Å². The third kappa shape index (κ3) is 2.41. The molecular weight excluding hydrogens is 146 g/mol. The van der Waals surface area contributed by atoms with E-state index in [1.54, 1.807) is 0 Å². The van der Waals surface area contributed by atoms with Gasteiger partial charge in [-0.3, -0.25) is 0 Å². The van der Waals surface area contributed by atoms with E-state index in [4.69, 9.17) is 15.3 Å². The lowest BCUT2D eigenvalue weighted by Gasteiger charge is -2.16. The molecule has 1 saturated carbocycles. The molecule has 4 nitrogen and oxygen atoms in total. The maximum atomic E-state index is 8.95. The van der Waals surface area contributed by atoms with E-state index in [0.717, 1.165) is 12.8 Å². The van der Waals surface area contributed by atoms with Gasteiger partial charge in [0.15, 0.2) is 0 Å². The van der Waals surface area contributed by atoms with E-state index in [0.29, 0.717) is 6.54 Å². The second kappa shape index (κ2) is 3.49. The van der Waals surface area contributed by atoms with Gasteiger partial charge in [-0.2, -0.15) is 0 Å². The van der Waals surface area contributed by atoms with E-state index in [9.17, 15) is 0 Å². The first-order valence-electron chi connectivity index (χ1n) is 3.87. The number of nitrogens with one attached hydrogen (secondary N) is 1. The Kier molecular flexibility index (Phi) is 2.84. The molecule has 0 radical (unpaired) electrons. The summed E-state index contributed by atoms with van der Waals surface area (Å²) in [6.07, 6.45) is 1.21. The van der Waals surface area contributed by atoms with E-state index >= 15 is 0 Å². The lowest BCUT2D eigenvalue weighted by molar-refractivity contribution is 0.0871. The van der Waals surface area contributed by atoms with Crippen molar-refractivity contribution in [3.63, 3.8) is 0 Å². The Labute approximate surface area is 65.9 Å². The van der Waals surface area contributed by atoms with Crippen LogP contribution in [0.25, 0.3) is 0 Å². The van der Waals surface area contributed by atoms with E-state index in [2.05, 4.69) is 5.32 Å². The van der Waals surface area contributed by atoms with Gasteiger partial charge < -0.3 is 20.6 Å². The number of aliphatic hydroxyl groups excluding tert-OH is 3. The fourth-order valence-corrected chi connectivity index (χ4v) is 0.941. The highest BCUT2D eigenvalue weighted by Gasteiger charge is 2.41. The number of rotatable bonds is 5. The maximum absolute atomic E-state index is 8.95. The van der Waals surface area contributed by atoms with Crippen LogP contribution >= 0.6 is 0 Å². The molecule has 1 fully saturated rings. The molecule has 0 aromatic carbocycles. The van der Waals surface area contributed by atoms with Gasteiger partial charge in [-0.1, -0.05) is 0 Å². The molecule has 4 N–H and O–H groups in total. The predicted molar refractivity (Wildman–Crippen MR) is 40.1 cm³/mol. The van der Waals surface area contributed by atoms with Gasteiger partial charge >= 0.3 is 0 Å². The zero-order valence-corrected chi connectivity index (χ0v) is 6.45. The van der Waals surface area contributed by atoms with E-state index in [1.807, 2.05) is 0 Å². The molecule has 0 spiro atoms. The van der Waals surface area contributed by atoms with E-state index in [1.165, 1.54) is 0 Å². The van der Waals surface area contributed by atoms with Gasteiger partial charge in [0.05, 0.1) is 19.3 Å². The average Bonchev–Trinajstić information content (AvgIpc) is 2.81. The van der Waals surface area contributed by atoms with E-state index < -0.39 is 6.10 Å². The largest absolute Gasteiger partial charge is 0.394 e. The molecule has 4 heteroatoms. The summed E-state index contributed by atoms with van der Waals surface area (Å²) in [5, 5.41) is 29.3. The summed E-state index contributed by atoms with van der Waals surface area (Å²) in [6, 6.07) is 0. The SMILES string of the molecule is OC[C@@H](O)CNC1(CO)CC1. The third-order valence-corrected chi connectivity index (χ3v) is 2.08. The van der Waals surface area contributed by atoms with Crippen LogP contribution in [-0.2, 0) is 0 Å². The molecule has 11 heavy (non-hydrogen) atoms. The Morgan fingerprint density at radius 3 is 2.36 bits per heavy atom. The highest BCUT2D eigenvalue weighted by Crippen LogP contribution is 2.34. The Balaban J connectivity index is 2.11. The topological polar surface area (TPSA) is 72.7 Å². The summed E-state index contributed by atoms with van der Waals surface area (Å²) in [5.41, 5.74) is -0.143. The predicted octanol–water partition coefficient (Wildman–Crippen LogP) is -1.55. The molecular formula is C7H15NO3. The minimum absolute atomic E-state index is 0.116. The summed E-state index contributed by atoms with van der Waals surface area (Å²) in [7, 11) is 0. The van der Waals surface area contributed by atoms with Crippen LogP contribution in [0.15, 0.2) is 0 Å². The van der Waals surface area contributed by atoms with Crippen LogP contribution < -0.4 is 5.32 Å². The molecule has 0 aliphatic heterocycles. The zero-order chi connectivity index (χ0) is 8.32. The summed E-state index contributed by atoms with van der Waals surface area (Å²) in [5.74, 6) is 0. The van der Waals surface area contributed by atoms with Crippen molar-refractivity contribution < 1.29 is 15.3 Å².